The van der Waals surface area contributed by atoms with E-state index in [9.17, 15) is 4.79 Å². The number of hydrogen-bond donors (Lipinski definition) is 1. The molecule has 0 spiro atoms. The fourth-order valence-corrected chi connectivity index (χ4v) is 3.60. The first-order valence-electron chi connectivity index (χ1n) is 9.85. The molecule has 144 valence electrons. The smallest absolute Gasteiger partial charge is 0.220 e. The third kappa shape index (κ3) is 6.02. The molecule has 2 aromatic rings. The van der Waals surface area contributed by atoms with Crippen molar-refractivity contribution in [1.29, 1.82) is 0 Å². The molecule has 1 amide bonds. The lowest BCUT2D eigenvalue weighted by atomic mass is 10.0. The first-order valence-corrected chi connectivity index (χ1v) is 9.85. The molecule has 1 fully saturated rings. The van der Waals surface area contributed by atoms with Crippen LogP contribution >= 0.6 is 0 Å². The van der Waals surface area contributed by atoms with Gasteiger partial charge in [-0.1, -0.05) is 62.1 Å². The van der Waals surface area contributed by atoms with Gasteiger partial charge in [0.15, 0.2) is 11.5 Å². The molecule has 0 heterocycles. The van der Waals surface area contributed by atoms with Crippen LogP contribution < -0.4 is 14.8 Å². The van der Waals surface area contributed by atoms with Gasteiger partial charge in [0.05, 0.1) is 7.11 Å². The van der Waals surface area contributed by atoms with Crippen LogP contribution in [0.5, 0.6) is 11.5 Å². The zero-order valence-corrected chi connectivity index (χ0v) is 16.1. The molecule has 1 N–H and O–H groups in total. The highest BCUT2D eigenvalue weighted by Gasteiger charge is 2.16. The summed E-state index contributed by atoms with van der Waals surface area (Å²) >= 11 is 0. The van der Waals surface area contributed by atoms with E-state index in [1.165, 1.54) is 25.7 Å². The number of rotatable bonds is 9. The molecule has 2 aromatic carbocycles. The summed E-state index contributed by atoms with van der Waals surface area (Å²) in [5.74, 6) is 2.27. The summed E-state index contributed by atoms with van der Waals surface area (Å²) in [4.78, 5) is 12.1. The maximum Gasteiger partial charge on any atom is 0.220 e. The van der Waals surface area contributed by atoms with Crippen LogP contribution in [0.1, 0.15) is 49.7 Å². The fourth-order valence-electron chi connectivity index (χ4n) is 3.60. The first-order chi connectivity index (χ1) is 13.2. The monoisotopic (exact) mass is 367 g/mol. The Balaban J connectivity index is 1.48. The van der Waals surface area contributed by atoms with E-state index < -0.39 is 0 Å². The van der Waals surface area contributed by atoms with Crippen LogP contribution in [0.25, 0.3) is 0 Å². The lowest BCUT2D eigenvalue weighted by Crippen LogP contribution is -2.23. The maximum absolute atomic E-state index is 12.1. The van der Waals surface area contributed by atoms with E-state index in [2.05, 4.69) is 5.32 Å². The van der Waals surface area contributed by atoms with E-state index in [0.29, 0.717) is 31.1 Å². The second kappa shape index (κ2) is 10.0. The minimum Gasteiger partial charge on any atom is -0.493 e. The summed E-state index contributed by atoms with van der Waals surface area (Å²) in [5.41, 5.74) is 2.12. The summed E-state index contributed by atoms with van der Waals surface area (Å²) in [5, 5.41) is 3.02. The number of nitrogens with one attached hydrogen (secondary N) is 1. The van der Waals surface area contributed by atoms with Gasteiger partial charge in [-0.3, -0.25) is 4.79 Å². The molecule has 0 aliphatic heterocycles. The van der Waals surface area contributed by atoms with Crippen LogP contribution in [-0.4, -0.2) is 13.0 Å². The predicted molar refractivity (Wildman–Crippen MR) is 107 cm³/mol. The van der Waals surface area contributed by atoms with Crippen molar-refractivity contribution in [3.63, 3.8) is 0 Å². The van der Waals surface area contributed by atoms with Crippen molar-refractivity contribution in [2.24, 2.45) is 5.92 Å². The van der Waals surface area contributed by atoms with Crippen molar-refractivity contribution in [3.05, 3.63) is 59.7 Å². The van der Waals surface area contributed by atoms with Crippen molar-refractivity contribution >= 4 is 5.91 Å². The molecule has 3 rings (SSSR count). The Bertz CT molecular complexity index is 724. The molecule has 27 heavy (non-hydrogen) atoms. The van der Waals surface area contributed by atoms with Gasteiger partial charge in [-0.25, -0.2) is 0 Å². The van der Waals surface area contributed by atoms with Gasteiger partial charge in [0.25, 0.3) is 0 Å². The molecule has 0 atom stereocenters. The Morgan fingerprint density at radius 3 is 2.56 bits per heavy atom. The Morgan fingerprint density at radius 2 is 1.81 bits per heavy atom. The van der Waals surface area contributed by atoms with E-state index in [1.807, 2.05) is 48.5 Å². The highest BCUT2D eigenvalue weighted by atomic mass is 16.5. The van der Waals surface area contributed by atoms with Crippen molar-refractivity contribution in [1.82, 2.24) is 5.32 Å². The van der Waals surface area contributed by atoms with Crippen molar-refractivity contribution < 1.29 is 14.3 Å². The highest BCUT2D eigenvalue weighted by Crippen LogP contribution is 2.29. The number of methoxy groups -OCH3 is 1. The average Bonchev–Trinajstić information content (AvgIpc) is 3.24. The third-order valence-electron chi connectivity index (χ3n) is 5.21. The second-order valence-corrected chi connectivity index (χ2v) is 7.23. The minimum absolute atomic E-state index is 0.130. The van der Waals surface area contributed by atoms with E-state index in [-0.39, 0.29) is 5.91 Å². The standard InChI is InChI=1S/C23H29NO3/c1-26-22-15-20(16-24-23(25)14-12-18-7-5-6-8-18)11-13-21(22)27-17-19-9-3-2-4-10-19/h2-4,9-11,13,15,18H,5-8,12,14,16-17H2,1H3,(H,24,25). The molecule has 0 saturated heterocycles. The summed E-state index contributed by atoms with van der Waals surface area (Å²) < 4.78 is 11.3. The molecular formula is C23H29NO3. The second-order valence-electron chi connectivity index (χ2n) is 7.23. The first kappa shape index (κ1) is 19.3. The van der Waals surface area contributed by atoms with Gasteiger partial charge in [0.1, 0.15) is 6.61 Å². The van der Waals surface area contributed by atoms with Crippen LogP contribution in [0.2, 0.25) is 0 Å². The Labute approximate surface area is 161 Å². The van der Waals surface area contributed by atoms with E-state index in [0.717, 1.165) is 23.5 Å². The predicted octanol–water partition coefficient (Wildman–Crippen LogP) is 4.86. The lowest BCUT2D eigenvalue weighted by Gasteiger charge is -2.13. The Kier molecular flexibility index (Phi) is 7.14. The van der Waals surface area contributed by atoms with Gasteiger partial charge in [-0.2, -0.15) is 0 Å². The molecule has 4 nitrogen and oxygen atoms in total. The molecule has 0 bridgehead atoms. The van der Waals surface area contributed by atoms with Gasteiger partial charge in [-0.05, 0) is 35.6 Å². The maximum atomic E-state index is 12.1. The third-order valence-corrected chi connectivity index (χ3v) is 5.21. The topological polar surface area (TPSA) is 47.6 Å². The SMILES string of the molecule is COc1cc(CNC(=O)CCC2CCCC2)ccc1OCc1ccccc1. The van der Waals surface area contributed by atoms with E-state index >= 15 is 0 Å². The quantitative estimate of drug-likeness (QED) is 0.688. The van der Waals surface area contributed by atoms with Crippen LogP contribution in [0.4, 0.5) is 0 Å². The summed E-state index contributed by atoms with van der Waals surface area (Å²) in [7, 11) is 1.63. The lowest BCUT2D eigenvalue weighted by molar-refractivity contribution is -0.121. The summed E-state index contributed by atoms with van der Waals surface area (Å²) in [6.07, 6.45) is 6.86. The van der Waals surface area contributed by atoms with Gasteiger partial charge >= 0.3 is 0 Å². The summed E-state index contributed by atoms with van der Waals surface area (Å²) in [6.45, 7) is 1.01. The zero-order valence-electron chi connectivity index (χ0n) is 16.1. The van der Waals surface area contributed by atoms with Gasteiger partial charge < -0.3 is 14.8 Å². The van der Waals surface area contributed by atoms with E-state index in [1.54, 1.807) is 7.11 Å². The van der Waals surface area contributed by atoms with Crippen LogP contribution in [0.15, 0.2) is 48.5 Å². The molecule has 0 aromatic heterocycles. The number of ether oxygens (including phenoxy) is 2. The molecule has 0 radical (unpaired) electrons. The molecule has 1 aliphatic rings. The normalized spacial score (nSPS) is 14.1. The molecule has 1 aliphatic carbocycles. The van der Waals surface area contributed by atoms with Crippen molar-refractivity contribution in [2.45, 2.75) is 51.7 Å². The number of carbonyl (C=O) groups is 1. The van der Waals surface area contributed by atoms with Crippen LogP contribution in [0.3, 0.4) is 0 Å². The van der Waals surface area contributed by atoms with Crippen molar-refractivity contribution in [2.75, 3.05) is 7.11 Å². The number of amides is 1. The van der Waals surface area contributed by atoms with Crippen LogP contribution in [0, 0.1) is 5.92 Å². The number of carbonyl (C=O) groups excluding carboxylic acids is 1. The molecular weight excluding hydrogens is 338 g/mol. The van der Waals surface area contributed by atoms with Crippen molar-refractivity contribution in [3.8, 4) is 11.5 Å². The van der Waals surface area contributed by atoms with Gasteiger partial charge in [0.2, 0.25) is 5.91 Å². The summed E-state index contributed by atoms with van der Waals surface area (Å²) in [6, 6.07) is 15.8. The average molecular weight is 367 g/mol. The zero-order chi connectivity index (χ0) is 18.9. The number of hydrogen-bond acceptors (Lipinski definition) is 3. The van der Waals surface area contributed by atoms with Gasteiger partial charge in [-0.15, -0.1) is 0 Å². The highest BCUT2D eigenvalue weighted by molar-refractivity contribution is 5.75. The molecule has 4 heteroatoms. The van der Waals surface area contributed by atoms with E-state index in [4.69, 9.17) is 9.47 Å². The van der Waals surface area contributed by atoms with Gasteiger partial charge in [0, 0.05) is 13.0 Å². The Hall–Kier alpha value is -2.49. The number of benzene rings is 2. The molecule has 0 unspecified atom stereocenters. The fraction of sp³-hybridized carbons (Fsp3) is 0.435. The largest absolute Gasteiger partial charge is 0.493 e. The van der Waals surface area contributed by atoms with Crippen LogP contribution in [-0.2, 0) is 17.9 Å². The Morgan fingerprint density at radius 1 is 1.04 bits per heavy atom. The minimum atomic E-state index is 0.130. The molecule has 1 saturated carbocycles.